The summed E-state index contributed by atoms with van der Waals surface area (Å²) in [4.78, 5) is 12.8. The average Bonchev–Trinajstić information content (AvgIpc) is 3.51. The molecule has 4 aromatic rings. The van der Waals surface area contributed by atoms with Crippen molar-refractivity contribution >= 4 is 22.8 Å². The molecule has 0 spiro atoms. The SMILES string of the molecule is OC1COC2C(Cc3nc4nc(-c5ccc(-c6ccccc6)cc5)c(Cl)cc4[nH]3)COC12. The lowest BCUT2D eigenvalue weighted by atomic mass is 9.97. The molecule has 6 nitrogen and oxygen atoms in total. The van der Waals surface area contributed by atoms with Gasteiger partial charge in [-0.25, -0.2) is 9.97 Å². The Hall–Kier alpha value is -2.77. The number of rotatable bonds is 4. The van der Waals surface area contributed by atoms with Gasteiger partial charge in [-0.3, -0.25) is 0 Å². The largest absolute Gasteiger partial charge is 0.388 e. The van der Waals surface area contributed by atoms with E-state index >= 15 is 0 Å². The number of imidazole rings is 1. The van der Waals surface area contributed by atoms with Crippen LogP contribution in [0.4, 0.5) is 0 Å². The minimum atomic E-state index is -0.544. The number of benzene rings is 2. The van der Waals surface area contributed by atoms with Crippen LogP contribution in [0.3, 0.4) is 0 Å². The molecule has 6 rings (SSSR count). The summed E-state index contributed by atoms with van der Waals surface area (Å²) in [7, 11) is 0. The molecular weight excluding hydrogens is 426 g/mol. The number of aliphatic hydroxyl groups is 1. The summed E-state index contributed by atoms with van der Waals surface area (Å²) in [5.74, 6) is 0.970. The highest BCUT2D eigenvalue weighted by molar-refractivity contribution is 6.33. The molecule has 0 amide bonds. The second-order valence-corrected chi connectivity index (χ2v) is 8.85. The van der Waals surface area contributed by atoms with Gasteiger partial charge in [-0.2, -0.15) is 0 Å². The second-order valence-electron chi connectivity index (χ2n) is 8.44. The van der Waals surface area contributed by atoms with Crippen LogP contribution >= 0.6 is 11.6 Å². The maximum Gasteiger partial charge on any atom is 0.178 e. The summed E-state index contributed by atoms with van der Waals surface area (Å²) >= 11 is 6.59. The summed E-state index contributed by atoms with van der Waals surface area (Å²) in [6, 6.07) is 20.4. The van der Waals surface area contributed by atoms with Crippen LogP contribution in [0, 0.1) is 5.92 Å². The van der Waals surface area contributed by atoms with E-state index in [9.17, 15) is 5.11 Å². The summed E-state index contributed by atoms with van der Waals surface area (Å²) in [6.45, 7) is 0.881. The van der Waals surface area contributed by atoms with Crippen molar-refractivity contribution in [2.45, 2.75) is 24.7 Å². The number of halogens is 1. The third-order valence-electron chi connectivity index (χ3n) is 6.33. The molecule has 32 heavy (non-hydrogen) atoms. The van der Waals surface area contributed by atoms with E-state index < -0.39 is 6.10 Å². The molecule has 2 aromatic carbocycles. The van der Waals surface area contributed by atoms with E-state index in [4.69, 9.17) is 31.0 Å². The Morgan fingerprint density at radius 2 is 1.62 bits per heavy atom. The average molecular weight is 448 g/mol. The molecular formula is C25H22ClN3O3. The number of H-pyrrole nitrogens is 1. The highest BCUT2D eigenvalue weighted by atomic mass is 35.5. The first-order valence-corrected chi connectivity index (χ1v) is 11.2. The fourth-order valence-corrected chi connectivity index (χ4v) is 4.96. The van der Waals surface area contributed by atoms with Gasteiger partial charge in [0.25, 0.3) is 0 Å². The summed E-state index contributed by atoms with van der Waals surface area (Å²) in [5, 5.41) is 10.5. The third kappa shape index (κ3) is 3.49. The number of pyridine rings is 1. The number of ether oxygens (including phenoxy) is 2. The van der Waals surface area contributed by atoms with E-state index in [1.54, 1.807) is 0 Å². The minimum absolute atomic E-state index is 0.0894. The van der Waals surface area contributed by atoms with Crippen LogP contribution < -0.4 is 0 Å². The standard InChI is InChI=1S/C25H22ClN3O3/c26-18-11-19-25(28-21(27-19)10-17-12-31-24-20(30)13-32-23(17)24)29-22(18)16-8-6-15(7-9-16)14-4-2-1-3-5-14/h1-9,11,17,20,23-24,30H,10,12-13H2,(H,27,28,29). The van der Waals surface area contributed by atoms with Gasteiger partial charge in [0, 0.05) is 17.9 Å². The van der Waals surface area contributed by atoms with Crippen molar-refractivity contribution in [3.63, 3.8) is 0 Å². The van der Waals surface area contributed by atoms with Gasteiger partial charge in [-0.15, -0.1) is 0 Å². The lowest BCUT2D eigenvalue weighted by Gasteiger charge is -2.14. The molecule has 2 aliphatic heterocycles. The zero-order valence-electron chi connectivity index (χ0n) is 17.2. The maximum absolute atomic E-state index is 9.95. The number of aromatic amines is 1. The molecule has 2 saturated heterocycles. The summed E-state index contributed by atoms with van der Waals surface area (Å²) in [5.41, 5.74) is 5.41. The van der Waals surface area contributed by atoms with Gasteiger partial charge in [-0.05, 0) is 17.2 Å². The van der Waals surface area contributed by atoms with Crippen LogP contribution in [0.1, 0.15) is 5.82 Å². The number of hydrogen-bond acceptors (Lipinski definition) is 5. The fraction of sp³-hybridized carbons (Fsp3) is 0.280. The molecule has 4 atom stereocenters. The summed E-state index contributed by atoms with van der Waals surface area (Å²) in [6.07, 6.45) is -0.198. The first kappa shape index (κ1) is 19.9. The number of aliphatic hydroxyl groups excluding tert-OH is 1. The molecule has 2 N–H and O–H groups in total. The van der Waals surface area contributed by atoms with Crippen LogP contribution in [-0.4, -0.2) is 51.6 Å². The smallest absolute Gasteiger partial charge is 0.178 e. The lowest BCUT2D eigenvalue weighted by Crippen LogP contribution is -2.29. The van der Waals surface area contributed by atoms with E-state index in [2.05, 4.69) is 29.2 Å². The number of hydrogen-bond donors (Lipinski definition) is 2. The van der Waals surface area contributed by atoms with Crippen molar-refractivity contribution in [1.29, 1.82) is 0 Å². The predicted octanol–water partition coefficient (Wildman–Crippen LogP) is 4.26. The van der Waals surface area contributed by atoms with Crippen molar-refractivity contribution in [2.24, 2.45) is 5.92 Å². The van der Waals surface area contributed by atoms with Gasteiger partial charge in [-0.1, -0.05) is 66.2 Å². The van der Waals surface area contributed by atoms with Gasteiger partial charge in [0.15, 0.2) is 5.65 Å². The molecule has 7 heteroatoms. The molecule has 0 saturated carbocycles. The number of fused-ring (bicyclic) bond motifs is 2. The Balaban J connectivity index is 1.26. The highest BCUT2D eigenvalue weighted by Gasteiger charge is 2.47. The first-order valence-electron chi connectivity index (χ1n) is 10.8. The van der Waals surface area contributed by atoms with Crippen molar-refractivity contribution < 1.29 is 14.6 Å². The molecule has 2 aromatic heterocycles. The minimum Gasteiger partial charge on any atom is -0.388 e. The Morgan fingerprint density at radius 1 is 0.906 bits per heavy atom. The van der Waals surface area contributed by atoms with Crippen LogP contribution in [0.5, 0.6) is 0 Å². The number of nitrogens with zero attached hydrogens (tertiary/aromatic N) is 2. The molecule has 4 unspecified atom stereocenters. The Kier molecular flexibility index (Phi) is 4.96. The van der Waals surface area contributed by atoms with E-state index in [1.165, 1.54) is 5.56 Å². The van der Waals surface area contributed by atoms with Crippen LogP contribution in [0.2, 0.25) is 5.02 Å². The Labute approximate surface area is 190 Å². The fourth-order valence-electron chi connectivity index (χ4n) is 4.70. The molecule has 4 heterocycles. The van der Waals surface area contributed by atoms with Gasteiger partial charge < -0.3 is 19.6 Å². The maximum atomic E-state index is 9.95. The molecule has 2 fully saturated rings. The Morgan fingerprint density at radius 3 is 2.44 bits per heavy atom. The lowest BCUT2D eigenvalue weighted by molar-refractivity contribution is 0.0169. The topological polar surface area (TPSA) is 80.3 Å². The van der Waals surface area contributed by atoms with Crippen molar-refractivity contribution in [2.75, 3.05) is 13.2 Å². The van der Waals surface area contributed by atoms with Crippen molar-refractivity contribution in [3.8, 4) is 22.4 Å². The quantitative estimate of drug-likeness (QED) is 0.488. The monoisotopic (exact) mass is 447 g/mol. The van der Waals surface area contributed by atoms with E-state index in [-0.39, 0.29) is 18.1 Å². The van der Waals surface area contributed by atoms with Crippen LogP contribution in [0.15, 0.2) is 60.7 Å². The van der Waals surface area contributed by atoms with E-state index in [0.29, 0.717) is 36.0 Å². The normalized spacial score (nSPS) is 24.8. The molecule has 2 aliphatic rings. The zero-order valence-corrected chi connectivity index (χ0v) is 18.0. The molecule has 162 valence electrons. The van der Waals surface area contributed by atoms with Gasteiger partial charge >= 0.3 is 0 Å². The molecule has 0 radical (unpaired) electrons. The summed E-state index contributed by atoms with van der Waals surface area (Å²) < 4.78 is 11.5. The van der Waals surface area contributed by atoms with Gasteiger partial charge in [0.1, 0.15) is 18.0 Å². The van der Waals surface area contributed by atoms with E-state index in [0.717, 1.165) is 22.5 Å². The Bertz CT molecular complexity index is 1260. The third-order valence-corrected chi connectivity index (χ3v) is 6.61. The van der Waals surface area contributed by atoms with Crippen LogP contribution in [0.25, 0.3) is 33.5 Å². The highest BCUT2D eigenvalue weighted by Crippen LogP contribution is 2.34. The van der Waals surface area contributed by atoms with Gasteiger partial charge in [0.05, 0.1) is 35.6 Å². The van der Waals surface area contributed by atoms with Crippen LogP contribution in [-0.2, 0) is 15.9 Å². The van der Waals surface area contributed by atoms with Crippen molar-refractivity contribution in [1.82, 2.24) is 15.0 Å². The number of nitrogens with one attached hydrogen (secondary N) is 1. The second kappa shape index (κ2) is 7.98. The number of aromatic nitrogens is 3. The van der Waals surface area contributed by atoms with Gasteiger partial charge in [0.2, 0.25) is 0 Å². The first-order chi connectivity index (χ1) is 15.7. The molecule has 0 bridgehead atoms. The zero-order chi connectivity index (χ0) is 21.7. The molecule has 0 aliphatic carbocycles. The predicted molar refractivity (Wildman–Crippen MR) is 122 cm³/mol. The van der Waals surface area contributed by atoms with Crippen molar-refractivity contribution in [3.05, 3.63) is 71.5 Å². The van der Waals surface area contributed by atoms with E-state index in [1.807, 2.05) is 36.4 Å².